The maximum atomic E-state index is 13.2. The zero-order chi connectivity index (χ0) is 17.7. The maximum Gasteiger partial charge on any atom is 0.405 e. The molecular weight excluding hydrogens is 325 g/mol. The molecule has 24 heavy (non-hydrogen) atoms. The van der Waals surface area contributed by atoms with Gasteiger partial charge in [-0.25, -0.2) is 0 Å². The Morgan fingerprint density at radius 1 is 1.38 bits per heavy atom. The molecule has 6 nitrogen and oxygen atoms in total. The first-order chi connectivity index (χ1) is 11.3. The molecule has 0 aliphatic carbocycles. The molecular formula is C15H23F3N4O2. The molecule has 0 bridgehead atoms. The van der Waals surface area contributed by atoms with E-state index in [0.717, 1.165) is 5.56 Å². The summed E-state index contributed by atoms with van der Waals surface area (Å²) in [5, 5.41) is 9.23. The van der Waals surface area contributed by atoms with Gasteiger partial charge in [0.2, 0.25) is 5.91 Å². The first kappa shape index (κ1) is 18.7. The number of aryl methyl sites for hydroxylation is 2. The standard InChI is InChI=1S/C15H23F3N4O2/c1-10-12(11(2)24-21-10)3-4-14(23)20-9-13(15(16,17)18)22-7-5-19-6-8-22/h13,19H,3-9H2,1-2H3,(H,20,23). The number of nitrogens with one attached hydrogen (secondary N) is 2. The maximum absolute atomic E-state index is 13.2. The third-order valence-corrected chi connectivity index (χ3v) is 4.25. The van der Waals surface area contributed by atoms with Crippen LogP contribution in [-0.4, -0.2) is 60.9 Å². The van der Waals surface area contributed by atoms with Crippen LogP contribution in [0.5, 0.6) is 0 Å². The molecule has 1 unspecified atom stereocenters. The van der Waals surface area contributed by atoms with E-state index in [4.69, 9.17) is 4.52 Å². The lowest BCUT2D eigenvalue weighted by Gasteiger charge is -2.35. The smallest absolute Gasteiger partial charge is 0.361 e. The SMILES string of the molecule is Cc1noc(C)c1CCC(=O)NCC(N1CCNCC1)C(F)(F)F. The summed E-state index contributed by atoms with van der Waals surface area (Å²) in [6, 6.07) is -1.65. The van der Waals surface area contributed by atoms with Gasteiger partial charge in [-0.05, 0) is 20.3 Å². The summed E-state index contributed by atoms with van der Waals surface area (Å²) in [4.78, 5) is 13.3. The van der Waals surface area contributed by atoms with E-state index >= 15 is 0 Å². The number of amides is 1. The third-order valence-electron chi connectivity index (χ3n) is 4.25. The fraction of sp³-hybridized carbons (Fsp3) is 0.733. The van der Waals surface area contributed by atoms with Crippen LogP contribution in [-0.2, 0) is 11.2 Å². The van der Waals surface area contributed by atoms with Gasteiger partial charge in [0.15, 0.2) is 0 Å². The molecule has 2 rings (SSSR count). The zero-order valence-corrected chi connectivity index (χ0v) is 13.9. The number of aromatic nitrogens is 1. The zero-order valence-electron chi connectivity index (χ0n) is 13.9. The van der Waals surface area contributed by atoms with Gasteiger partial charge in [0.25, 0.3) is 0 Å². The monoisotopic (exact) mass is 348 g/mol. The van der Waals surface area contributed by atoms with Gasteiger partial charge in [0, 0.05) is 44.7 Å². The summed E-state index contributed by atoms with van der Waals surface area (Å²) in [5.74, 6) is 0.230. The van der Waals surface area contributed by atoms with Crippen molar-refractivity contribution >= 4 is 5.91 Å². The summed E-state index contributed by atoms with van der Waals surface area (Å²) in [5.41, 5.74) is 1.54. The van der Waals surface area contributed by atoms with E-state index < -0.39 is 24.7 Å². The molecule has 136 valence electrons. The summed E-state index contributed by atoms with van der Waals surface area (Å²) >= 11 is 0. The van der Waals surface area contributed by atoms with E-state index in [1.807, 2.05) is 0 Å². The van der Waals surface area contributed by atoms with Gasteiger partial charge < -0.3 is 15.2 Å². The first-order valence-electron chi connectivity index (χ1n) is 7.99. The molecule has 1 saturated heterocycles. The van der Waals surface area contributed by atoms with E-state index in [9.17, 15) is 18.0 Å². The molecule has 0 aromatic carbocycles. The van der Waals surface area contributed by atoms with Gasteiger partial charge in [-0.1, -0.05) is 5.16 Å². The van der Waals surface area contributed by atoms with Crippen molar-refractivity contribution in [2.24, 2.45) is 0 Å². The predicted molar refractivity (Wildman–Crippen MR) is 81.6 cm³/mol. The average Bonchev–Trinajstić information content (AvgIpc) is 2.84. The Hall–Kier alpha value is -1.61. The first-order valence-corrected chi connectivity index (χ1v) is 7.99. The molecule has 1 aliphatic rings. The minimum Gasteiger partial charge on any atom is -0.361 e. The van der Waals surface area contributed by atoms with E-state index in [2.05, 4.69) is 15.8 Å². The van der Waals surface area contributed by atoms with Gasteiger partial charge in [-0.15, -0.1) is 0 Å². The number of nitrogens with zero attached hydrogens (tertiary/aromatic N) is 2. The highest BCUT2D eigenvalue weighted by molar-refractivity contribution is 5.76. The second-order valence-corrected chi connectivity index (χ2v) is 5.95. The number of carbonyl (C=O) groups excluding carboxylic acids is 1. The Labute approximate surface area is 138 Å². The van der Waals surface area contributed by atoms with Crippen LogP contribution in [0, 0.1) is 13.8 Å². The van der Waals surface area contributed by atoms with Crippen LogP contribution in [0.2, 0.25) is 0 Å². The predicted octanol–water partition coefficient (Wildman–Crippen LogP) is 1.18. The van der Waals surface area contributed by atoms with E-state index in [1.54, 1.807) is 13.8 Å². The van der Waals surface area contributed by atoms with Crippen molar-refractivity contribution in [3.05, 3.63) is 17.0 Å². The number of alkyl halides is 3. The van der Waals surface area contributed by atoms with Gasteiger partial charge in [0.1, 0.15) is 11.8 Å². The largest absolute Gasteiger partial charge is 0.405 e. The molecule has 1 amide bonds. The number of hydrogen-bond donors (Lipinski definition) is 2. The van der Waals surface area contributed by atoms with E-state index in [0.29, 0.717) is 44.1 Å². The lowest BCUT2D eigenvalue weighted by atomic mass is 10.1. The molecule has 1 fully saturated rings. The van der Waals surface area contributed by atoms with Crippen molar-refractivity contribution < 1.29 is 22.5 Å². The Morgan fingerprint density at radius 2 is 2.04 bits per heavy atom. The van der Waals surface area contributed by atoms with Crippen molar-refractivity contribution in [2.45, 2.75) is 38.9 Å². The fourth-order valence-electron chi connectivity index (χ4n) is 2.84. The average molecular weight is 348 g/mol. The van der Waals surface area contributed by atoms with Gasteiger partial charge in [0.05, 0.1) is 5.69 Å². The van der Waals surface area contributed by atoms with Crippen LogP contribution in [0.15, 0.2) is 4.52 Å². The van der Waals surface area contributed by atoms with Gasteiger partial charge in [-0.3, -0.25) is 9.69 Å². The van der Waals surface area contributed by atoms with Crippen LogP contribution in [0.25, 0.3) is 0 Å². The Kier molecular flexibility index (Phi) is 6.22. The molecule has 0 spiro atoms. The van der Waals surface area contributed by atoms with Crippen molar-refractivity contribution in [3.8, 4) is 0 Å². The Balaban J connectivity index is 1.85. The van der Waals surface area contributed by atoms with Gasteiger partial charge in [-0.2, -0.15) is 13.2 Å². The molecule has 0 saturated carbocycles. The summed E-state index contributed by atoms with van der Waals surface area (Å²) in [7, 11) is 0. The number of rotatable bonds is 6. The van der Waals surface area contributed by atoms with Crippen LogP contribution in [0.4, 0.5) is 13.2 Å². The number of carbonyl (C=O) groups is 1. The normalized spacial score (nSPS) is 17.7. The Bertz CT molecular complexity index is 534. The van der Waals surface area contributed by atoms with Crippen molar-refractivity contribution in [1.82, 2.24) is 20.7 Å². The number of piperazine rings is 1. The summed E-state index contributed by atoms with van der Waals surface area (Å²) in [6.45, 7) is 4.77. The van der Waals surface area contributed by atoms with Crippen LogP contribution in [0.3, 0.4) is 0 Å². The number of halogens is 3. The summed E-state index contributed by atoms with van der Waals surface area (Å²) < 4.78 is 44.7. The van der Waals surface area contributed by atoms with Crippen molar-refractivity contribution in [3.63, 3.8) is 0 Å². The van der Waals surface area contributed by atoms with Crippen LogP contribution in [0.1, 0.15) is 23.4 Å². The molecule has 1 aromatic rings. The molecule has 1 atom stereocenters. The molecule has 0 radical (unpaired) electrons. The van der Waals surface area contributed by atoms with Crippen molar-refractivity contribution in [2.75, 3.05) is 32.7 Å². The molecule has 1 aromatic heterocycles. The topological polar surface area (TPSA) is 70.4 Å². The second-order valence-electron chi connectivity index (χ2n) is 5.95. The van der Waals surface area contributed by atoms with E-state index in [1.165, 1.54) is 4.90 Å². The third kappa shape index (κ3) is 4.94. The molecule has 2 heterocycles. The lowest BCUT2D eigenvalue weighted by molar-refractivity contribution is -0.184. The quantitative estimate of drug-likeness (QED) is 0.808. The molecule has 9 heteroatoms. The Morgan fingerprint density at radius 3 is 2.58 bits per heavy atom. The molecule has 1 aliphatic heterocycles. The van der Waals surface area contributed by atoms with Crippen molar-refractivity contribution in [1.29, 1.82) is 0 Å². The van der Waals surface area contributed by atoms with Gasteiger partial charge >= 0.3 is 6.18 Å². The highest BCUT2D eigenvalue weighted by Crippen LogP contribution is 2.24. The van der Waals surface area contributed by atoms with Crippen LogP contribution >= 0.6 is 0 Å². The minimum absolute atomic E-state index is 0.106. The van der Waals surface area contributed by atoms with Crippen LogP contribution < -0.4 is 10.6 Å². The van der Waals surface area contributed by atoms with E-state index in [-0.39, 0.29) is 6.42 Å². The highest BCUT2D eigenvalue weighted by Gasteiger charge is 2.43. The minimum atomic E-state index is -4.37. The second kappa shape index (κ2) is 7.98. The number of hydrogen-bond acceptors (Lipinski definition) is 5. The molecule has 2 N–H and O–H groups in total. The summed E-state index contributed by atoms with van der Waals surface area (Å²) in [6.07, 6.45) is -3.86. The lowest BCUT2D eigenvalue weighted by Crippen LogP contribution is -2.57. The fourth-order valence-corrected chi connectivity index (χ4v) is 2.84. The highest BCUT2D eigenvalue weighted by atomic mass is 19.4.